The molecule has 0 bridgehead atoms. The van der Waals surface area contributed by atoms with Crippen molar-refractivity contribution >= 4 is 0 Å². The van der Waals surface area contributed by atoms with Gasteiger partial charge in [0.1, 0.15) is 0 Å². The minimum Gasteiger partial charge on any atom is -0.394 e. The van der Waals surface area contributed by atoms with Crippen LogP contribution in [-0.4, -0.2) is 46.4 Å². The third-order valence-electron chi connectivity index (χ3n) is 1.85. The lowest BCUT2D eigenvalue weighted by atomic mass is 10.3. The summed E-state index contributed by atoms with van der Waals surface area (Å²) in [6.07, 6.45) is 3.14. The van der Waals surface area contributed by atoms with Gasteiger partial charge < -0.3 is 15.2 Å². The van der Waals surface area contributed by atoms with E-state index in [1.807, 2.05) is 30.4 Å². The number of nitrogens with one attached hydrogen (secondary N) is 1. The second-order valence-corrected chi connectivity index (χ2v) is 3.25. The van der Waals surface area contributed by atoms with Crippen LogP contribution in [0.2, 0.25) is 0 Å². The summed E-state index contributed by atoms with van der Waals surface area (Å²) in [5.74, 6) is 0. The lowest BCUT2D eigenvalue weighted by molar-refractivity contribution is 0.0648. The first-order valence-corrected chi connectivity index (χ1v) is 4.31. The van der Waals surface area contributed by atoms with Gasteiger partial charge in [-0.05, 0) is 18.7 Å². The van der Waals surface area contributed by atoms with Crippen LogP contribution < -0.4 is 0 Å². The maximum absolute atomic E-state index is 9.16. The highest BCUT2D eigenvalue weighted by Crippen LogP contribution is 2.01. The summed E-state index contributed by atoms with van der Waals surface area (Å²) in [6, 6.07) is 1.99. The van der Waals surface area contributed by atoms with E-state index in [9.17, 15) is 0 Å². The molecular weight excluding hydrogens is 168 g/mol. The van der Waals surface area contributed by atoms with Crippen LogP contribution in [0.3, 0.4) is 0 Å². The van der Waals surface area contributed by atoms with Crippen LogP contribution in [0.1, 0.15) is 5.56 Å². The van der Waals surface area contributed by atoms with Crippen molar-refractivity contribution in [1.82, 2.24) is 9.88 Å². The van der Waals surface area contributed by atoms with Crippen LogP contribution >= 0.6 is 0 Å². The molecule has 0 amide bonds. The first kappa shape index (κ1) is 10.2. The van der Waals surface area contributed by atoms with E-state index < -0.39 is 6.10 Å². The Hall–Kier alpha value is -0.840. The van der Waals surface area contributed by atoms with Crippen molar-refractivity contribution in [2.45, 2.75) is 12.6 Å². The Labute approximate surface area is 77.8 Å². The standard InChI is InChI=1S/C9H16N2O2/c1-11(6-9(13)7-12)5-8-2-3-10-4-8/h2-4,9-10,12-13H,5-7H2,1H3. The highest BCUT2D eigenvalue weighted by molar-refractivity contribution is 5.07. The number of aromatic nitrogens is 1. The fourth-order valence-corrected chi connectivity index (χ4v) is 1.25. The van der Waals surface area contributed by atoms with E-state index in [1.54, 1.807) is 0 Å². The molecule has 0 aliphatic heterocycles. The van der Waals surface area contributed by atoms with E-state index in [4.69, 9.17) is 10.2 Å². The van der Waals surface area contributed by atoms with Gasteiger partial charge in [0.05, 0.1) is 12.7 Å². The van der Waals surface area contributed by atoms with E-state index in [0.29, 0.717) is 6.54 Å². The molecule has 1 aromatic heterocycles. The Kier molecular flexibility index (Phi) is 3.95. The summed E-state index contributed by atoms with van der Waals surface area (Å²) in [7, 11) is 1.91. The summed E-state index contributed by atoms with van der Waals surface area (Å²) >= 11 is 0. The van der Waals surface area contributed by atoms with Gasteiger partial charge in [0.25, 0.3) is 0 Å². The van der Waals surface area contributed by atoms with Gasteiger partial charge in [-0.2, -0.15) is 0 Å². The molecule has 1 rings (SSSR count). The molecule has 0 fully saturated rings. The molecule has 0 aliphatic rings. The second kappa shape index (κ2) is 5.01. The predicted octanol–water partition coefficient (Wildman–Crippen LogP) is -0.200. The van der Waals surface area contributed by atoms with Gasteiger partial charge in [-0.25, -0.2) is 0 Å². The zero-order valence-electron chi connectivity index (χ0n) is 7.77. The van der Waals surface area contributed by atoms with Crippen molar-refractivity contribution in [3.05, 3.63) is 24.0 Å². The predicted molar refractivity (Wildman–Crippen MR) is 50.2 cm³/mol. The Morgan fingerprint density at radius 1 is 1.62 bits per heavy atom. The van der Waals surface area contributed by atoms with Gasteiger partial charge in [-0.3, -0.25) is 4.90 Å². The third-order valence-corrected chi connectivity index (χ3v) is 1.85. The maximum atomic E-state index is 9.16. The Morgan fingerprint density at radius 3 is 2.92 bits per heavy atom. The minimum atomic E-state index is -0.649. The van der Waals surface area contributed by atoms with Crippen molar-refractivity contribution < 1.29 is 10.2 Å². The first-order valence-electron chi connectivity index (χ1n) is 4.31. The normalized spacial score (nSPS) is 13.5. The number of aromatic amines is 1. The van der Waals surface area contributed by atoms with Gasteiger partial charge in [0.2, 0.25) is 0 Å². The molecule has 1 aromatic rings. The average Bonchev–Trinajstić information content (AvgIpc) is 2.56. The number of nitrogens with zero attached hydrogens (tertiary/aromatic N) is 1. The lowest BCUT2D eigenvalue weighted by Crippen LogP contribution is -2.30. The number of hydrogen-bond donors (Lipinski definition) is 3. The first-order chi connectivity index (χ1) is 6.22. The molecule has 0 saturated carbocycles. The second-order valence-electron chi connectivity index (χ2n) is 3.25. The molecule has 4 nitrogen and oxygen atoms in total. The molecule has 1 unspecified atom stereocenters. The van der Waals surface area contributed by atoms with E-state index in [0.717, 1.165) is 6.54 Å². The SMILES string of the molecule is CN(Cc1cc[nH]c1)CC(O)CO. The van der Waals surface area contributed by atoms with Crippen molar-refractivity contribution in [1.29, 1.82) is 0 Å². The van der Waals surface area contributed by atoms with Gasteiger partial charge in [0.15, 0.2) is 0 Å². The van der Waals surface area contributed by atoms with Gasteiger partial charge in [-0.1, -0.05) is 0 Å². The number of aliphatic hydroxyl groups excluding tert-OH is 2. The monoisotopic (exact) mass is 184 g/mol. The summed E-state index contributed by atoms with van der Waals surface area (Å²) in [5.41, 5.74) is 1.17. The maximum Gasteiger partial charge on any atom is 0.0897 e. The van der Waals surface area contributed by atoms with Crippen molar-refractivity contribution in [2.24, 2.45) is 0 Å². The molecule has 1 atom stereocenters. The summed E-state index contributed by atoms with van der Waals surface area (Å²) in [6.45, 7) is 1.08. The Bertz CT molecular complexity index is 224. The molecular formula is C9H16N2O2. The number of hydrogen-bond acceptors (Lipinski definition) is 3. The van der Waals surface area contributed by atoms with Crippen LogP contribution in [0.4, 0.5) is 0 Å². The molecule has 13 heavy (non-hydrogen) atoms. The van der Waals surface area contributed by atoms with E-state index in [2.05, 4.69) is 4.98 Å². The third kappa shape index (κ3) is 3.59. The van der Waals surface area contributed by atoms with Crippen molar-refractivity contribution in [2.75, 3.05) is 20.2 Å². The Balaban J connectivity index is 2.29. The molecule has 74 valence electrons. The van der Waals surface area contributed by atoms with Crippen LogP contribution in [0.5, 0.6) is 0 Å². The number of H-pyrrole nitrogens is 1. The van der Waals surface area contributed by atoms with Crippen LogP contribution in [0, 0.1) is 0 Å². The summed E-state index contributed by atoms with van der Waals surface area (Å²) in [4.78, 5) is 4.93. The Morgan fingerprint density at radius 2 is 2.38 bits per heavy atom. The zero-order valence-corrected chi connectivity index (χ0v) is 7.77. The smallest absolute Gasteiger partial charge is 0.0897 e. The molecule has 4 heteroatoms. The fourth-order valence-electron chi connectivity index (χ4n) is 1.25. The van der Waals surface area contributed by atoms with Gasteiger partial charge in [0, 0.05) is 25.5 Å². The van der Waals surface area contributed by atoms with E-state index in [1.165, 1.54) is 5.56 Å². The molecule has 1 heterocycles. The number of likely N-dealkylation sites (N-methyl/N-ethyl adjacent to an activating group) is 1. The van der Waals surface area contributed by atoms with E-state index in [-0.39, 0.29) is 6.61 Å². The number of rotatable bonds is 5. The number of aliphatic hydroxyl groups is 2. The van der Waals surface area contributed by atoms with Gasteiger partial charge >= 0.3 is 0 Å². The molecule has 0 spiro atoms. The van der Waals surface area contributed by atoms with Crippen molar-refractivity contribution in [3.8, 4) is 0 Å². The van der Waals surface area contributed by atoms with Crippen LogP contribution in [0.25, 0.3) is 0 Å². The van der Waals surface area contributed by atoms with Crippen LogP contribution in [-0.2, 0) is 6.54 Å². The minimum absolute atomic E-state index is 0.183. The summed E-state index contributed by atoms with van der Waals surface area (Å²) < 4.78 is 0. The molecule has 3 N–H and O–H groups in total. The average molecular weight is 184 g/mol. The highest BCUT2D eigenvalue weighted by atomic mass is 16.3. The highest BCUT2D eigenvalue weighted by Gasteiger charge is 2.06. The lowest BCUT2D eigenvalue weighted by Gasteiger charge is -2.18. The fraction of sp³-hybridized carbons (Fsp3) is 0.556. The largest absolute Gasteiger partial charge is 0.394 e. The molecule has 0 saturated heterocycles. The topological polar surface area (TPSA) is 59.5 Å². The zero-order chi connectivity index (χ0) is 9.68. The molecule has 0 aromatic carbocycles. The summed E-state index contributed by atoms with van der Waals surface area (Å²) in [5, 5.41) is 17.8. The molecule has 0 radical (unpaired) electrons. The van der Waals surface area contributed by atoms with E-state index >= 15 is 0 Å². The van der Waals surface area contributed by atoms with Crippen molar-refractivity contribution in [3.63, 3.8) is 0 Å². The van der Waals surface area contributed by atoms with Gasteiger partial charge in [-0.15, -0.1) is 0 Å². The van der Waals surface area contributed by atoms with Crippen LogP contribution in [0.15, 0.2) is 18.5 Å². The molecule has 0 aliphatic carbocycles. The quantitative estimate of drug-likeness (QED) is 0.594.